The van der Waals surface area contributed by atoms with Gasteiger partial charge in [-0.15, -0.1) is 0 Å². The van der Waals surface area contributed by atoms with E-state index in [0.717, 1.165) is 25.1 Å². The van der Waals surface area contributed by atoms with Crippen molar-refractivity contribution in [2.75, 3.05) is 0 Å². The van der Waals surface area contributed by atoms with Crippen molar-refractivity contribution >= 4 is 21.9 Å². The van der Waals surface area contributed by atoms with Gasteiger partial charge in [0.05, 0.1) is 10.2 Å². The molecular weight excluding hydrogens is 260 g/mol. The lowest BCUT2D eigenvalue weighted by Crippen LogP contribution is -2.15. The first-order valence-electron chi connectivity index (χ1n) is 5.14. The number of halogens is 1. The molecule has 1 aromatic rings. The molecule has 0 unspecified atom stereocenters. The number of aromatic carboxylic acids is 1. The molecule has 5 heteroatoms. The SMILES string of the molecule is CCn1nc(C(=O)O)c(Br)c1C1CCC1. The molecule has 1 heterocycles. The fourth-order valence-electron chi connectivity index (χ4n) is 1.90. The van der Waals surface area contributed by atoms with Gasteiger partial charge in [0.15, 0.2) is 5.69 Å². The van der Waals surface area contributed by atoms with Crippen molar-refractivity contribution in [2.45, 2.75) is 38.6 Å². The molecule has 0 spiro atoms. The second-order valence-electron chi connectivity index (χ2n) is 3.80. The molecule has 0 amide bonds. The third-order valence-electron chi connectivity index (χ3n) is 2.93. The van der Waals surface area contributed by atoms with Gasteiger partial charge in [0.2, 0.25) is 0 Å². The number of aromatic nitrogens is 2. The summed E-state index contributed by atoms with van der Waals surface area (Å²) in [6.45, 7) is 2.70. The van der Waals surface area contributed by atoms with Crippen LogP contribution in [0.25, 0.3) is 0 Å². The first kappa shape index (κ1) is 10.7. The first-order valence-corrected chi connectivity index (χ1v) is 5.94. The molecule has 0 atom stereocenters. The van der Waals surface area contributed by atoms with Crippen LogP contribution in [0.4, 0.5) is 0 Å². The van der Waals surface area contributed by atoms with Crippen LogP contribution >= 0.6 is 15.9 Å². The highest BCUT2D eigenvalue weighted by Crippen LogP contribution is 2.40. The lowest BCUT2D eigenvalue weighted by molar-refractivity contribution is 0.0688. The summed E-state index contributed by atoms with van der Waals surface area (Å²) >= 11 is 3.35. The van der Waals surface area contributed by atoms with Crippen LogP contribution in [0.5, 0.6) is 0 Å². The number of hydrogen-bond acceptors (Lipinski definition) is 2. The number of nitrogens with zero attached hydrogens (tertiary/aromatic N) is 2. The van der Waals surface area contributed by atoms with E-state index in [1.165, 1.54) is 6.42 Å². The van der Waals surface area contributed by atoms with E-state index in [2.05, 4.69) is 21.0 Å². The molecule has 15 heavy (non-hydrogen) atoms. The minimum Gasteiger partial charge on any atom is -0.476 e. The summed E-state index contributed by atoms with van der Waals surface area (Å²) in [4.78, 5) is 10.9. The molecule has 2 rings (SSSR count). The third-order valence-corrected chi connectivity index (χ3v) is 3.71. The highest BCUT2D eigenvalue weighted by Gasteiger charge is 2.29. The van der Waals surface area contributed by atoms with Gasteiger partial charge < -0.3 is 5.11 Å². The molecule has 1 fully saturated rings. The van der Waals surface area contributed by atoms with E-state index in [1.807, 2.05) is 6.92 Å². The van der Waals surface area contributed by atoms with Crippen molar-refractivity contribution in [2.24, 2.45) is 0 Å². The average molecular weight is 273 g/mol. The average Bonchev–Trinajstić information content (AvgIpc) is 2.42. The second-order valence-corrected chi connectivity index (χ2v) is 4.59. The Morgan fingerprint density at radius 3 is 2.73 bits per heavy atom. The Bertz CT molecular complexity index is 396. The van der Waals surface area contributed by atoms with E-state index in [9.17, 15) is 4.79 Å². The fourth-order valence-corrected chi connectivity index (χ4v) is 2.68. The van der Waals surface area contributed by atoms with Crippen LogP contribution in [0.2, 0.25) is 0 Å². The smallest absolute Gasteiger partial charge is 0.357 e. The summed E-state index contributed by atoms with van der Waals surface area (Å²) in [5.41, 5.74) is 1.19. The Hall–Kier alpha value is -0.840. The van der Waals surface area contributed by atoms with Crippen molar-refractivity contribution in [3.63, 3.8) is 0 Å². The molecule has 1 aliphatic rings. The molecule has 1 N–H and O–H groups in total. The maximum Gasteiger partial charge on any atom is 0.357 e. The molecule has 0 radical (unpaired) electrons. The van der Waals surface area contributed by atoms with Gasteiger partial charge in [-0.05, 0) is 35.7 Å². The van der Waals surface area contributed by atoms with Crippen LogP contribution in [0.3, 0.4) is 0 Å². The minimum absolute atomic E-state index is 0.138. The molecule has 1 aromatic heterocycles. The molecule has 0 saturated heterocycles. The van der Waals surface area contributed by atoms with Gasteiger partial charge in [-0.25, -0.2) is 4.79 Å². The summed E-state index contributed by atoms with van der Waals surface area (Å²) < 4.78 is 2.47. The predicted octanol–water partition coefficient (Wildman–Crippen LogP) is 2.63. The van der Waals surface area contributed by atoms with Gasteiger partial charge in [-0.1, -0.05) is 6.42 Å². The first-order chi connectivity index (χ1) is 7.15. The van der Waals surface area contributed by atoms with Gasteiger partial charge in [0, 0.05) is 12.5 Å². The van der Waals surface area contributed by atoms with E-state index >= 15 is 0 Å². The molecule has 0 aromatic carbocycles. The minimum atomic E-state index is -0.963. The number of aryl methyl sites for hydroxylation is 1. The van der Waals surface area contributed by atoms with Crippen LogP contribution in [0, 0.1) is 0 Å². The van der Waals surface area contributed by atoms with Gasteiger partial charge in [0.1, 0.15) is 0 Å². The van der Waals surface area contributed by atoms with Gasteiger partial charge in [-0.2, -0.15) is 5.10 Å². The van der Waals surface area contributed by atoms with E-state index in [0.29, 0.717) is 10.4 Å². The predicted molar refractivity (Wildman–Crippen MR) is 59.2 cm³/mol. The Labute approximate surface area is 96.4 Å². The van der Waals surface area contributed by atoms with Gasteiger partial charge in [0.25, 0.3) is 0 Å². The van der Waals surface area contributed by atoms with Crippen molar-refractivity contribution in [1.82, 2.24) is 9.78 Å². The molecule has 82 valence electrons. The Balaban J connectivity index is 2.45. The zero-order valence-corrected chi connectivity index (χ0v) is 10.1. The van der Waals surface area contributed by atoms with E-state index in [1.54, 1.807) is 4.68 Å². The highest BCUT2D eigenvalue weighted by atomic mass is 79.9. The molecule has 0 aliphatic heterocycles. The molecule has 1 aliphatic carbocycles. The summed E-state index contributed by atoms with van der Waals surface area (Å²) in [6, 6.07) is 0. The maximum atomic E-state index is 10.9. The zero-order chi connectivity index (χ0) is 11.0. The standard InChI is InChI=1S/C10H13BrN2O2/c1-2-13-9(6-4-3-5-6)7(11)8(12-13)10(14)15/h6H,2-5H2,1H3,(H,14,15). The van der Waals surface area contributed by atoms with Crippen LogP contribution < -0.4 is 0 Å². The van der Waals surface area contributed by atoms with Crippen molar-refractivity contribution in [3.05, 3.63) is 15.9 Å². The number of hydrogen-bond donors (Lipinski definition) is 1. The van der Waals surface area contributed by atoms with E-state index < -0.39 is 5.97 Å². The van der Waals surface area contributed by atoms with Crippen molar-refractivity contribution < 1.29 is 9.90 Å². The summed E-state index contributed by atoms with van der Waals surface area (Å²) in [7, 11) is 0. The largest absolute Gasteiger partial charge is 0.476 e. The number of carboxylic acid groups (broad SMARTS) is 1. The van der Waals surface area contributed by atoms with Crippen LogP contribution in [0.15, 0.2) is 4.47 Å². The Morgan fingerprint density at radius 1 is 1.67 bits per heavy atom. The molecule has 1 saturated carbocycles. The zero-order valence-electron chi connectivity index (χ0n) is 8.53. The monoisotopic (exact) mass is 272 g/mol. The van der Waals surface area contributed by atoms with E-state index in [4.69, 9.17) is 5.11 Å². The quantitative estimate of drug-likeness (QED) is 0.921. The van der Waals surface area contributed by atoms with Crippen LogP contribution in [0.1, 0.15) is 48.3 Å². The Morgan fingerprint density at radius 2 is 2.33 bits per heavy atom. The van der Waals surface area contributed by atoms with Crippen molar-refractivity contribution in [1.29, 1.82) is 0 Å². The summed E-state index contributed by atoms with van der Waals surface area (Å²) in [5, 5.41) is 13.1. The number of carboxylic acids is 1. The molecular formula is C10H13BrN2O2. The number of rotatable bonds is 3. The van der Waals surface area contributed by atoms with E-state index in [-0.39, 0.29) is 5.69 Å². The molecule has 4 nitrogen and oxygen atoms in total. The van der Waals surface area contributed by atoms with Crippen LogP contribution in [-0.2, 0) is 6.54 Å². The Kier molecular flexibility index (Phi) is 2.82. The number of carbonyl (C=O) groups is 1. The lowest BCUT2D eigenvalue weighted by Gasteiger charge is -2.26. The fraction of sp³-hybridized carbons (Fsp3) is 0.600. The highest BCUT2D eigenvalue weighted by molar-refractivity contribution is 9.10. The summed E-state index contributed by atoms with van der Waals surface area (Å²) in [6.07, 6.45) is 3.51. The van der Waals surface area contributed by atoms with Crippen LogP contribution in [-0.4, -0.2) is 20.9 Å². The summed E-state index contributed by atoms with van der Waals surface area (Å²) in [5.74, 6) is -0.477. The van der Waals surface area contributed by atoms with Gasteiger partial charge in [-0.3, -0.25) is 4.68 Å². The maximum absolute atomic E-state index is 10.9. The van der Waals surface area contributed by atoms with Crippen molar-refractivity contribution in [3.8, 4) is 0 Å². The third kappa shape index (κ3) is 1.69. The van der Waals surface area contributed by atoms with Gasteiger partial charge >= 0.3 is 5.97 Å². The normalized spacial score (nSPS) is 16.4. The topological polar surface area (TPSA) is 55.1 Å². The second kappa shape index (κ2) is 3.96. The lowest BCUT2D eigenvalue weighted by atomic mass is 9.83. The molecule has 0 bridgehead atoms.